The summed E-state index contributed by atoms with van der Waals surface area (Å²) >= 11 is 1.66. The van der Waals surface area contributed by atoms with E-state index in [1.54, 1.807) is 11.3 Å². The van der Waals surface area contributed by atoms with Gasteiger partial charge in [-0.3, -0.25) is 0 Å². The zero-order valence-corrected chi connectivity index (χ0v) is 10.7. The standard InChI is InChI=1S/C12H21NOS/c1-4-13(5-2)8-6-11(14)12-10(3)7-9-15-12/h7,9,11,14H,4-6,8H2,1-3H3. The molecule has 3 heteroatoms. The van der Waals surface area contributed by atoms with Crippen LogP contribution in [-0.4, -0.2) is 29.6 Å². The van der Waals surface area contributed by atoms with Gasteiger partial charge in [0, 0.05) is 11.4 Å². The molecule has 1 atom stereocenters. The van der Waals surface area contributed by atoms with Crippen molar-refractivity contribution in [3.05, 3.63) is 21.9 Å². The van der Waals surface area contributed by atoms with Gasteiger partial charge < -0.3 is 10.0 Å². The summed E-state index contributed by atoms with van der Waals surface area (Å²) in [4.78, 5) is 3.47. The van der Waals surface area contributed by atoms with Crippen LogP contribution in [0.1, 0.15) is 36.8 Å². The predicted octanol–water partition coefficient (Wildman–Crippen LogP) is 2.82. The first kappa shape index (κ1) is 12.7. The van der Waals surface area contributed by atoms with Gasteiger partial charge in [0.05, 0.1) is 6.10 Å². The molecule has 0 amide bonds. The first-order valence-electron chi connectivity index (χ1n) is 5.63. The molecule has 0 aliphatic heterocycles. The van der Waals surface area contributed by atoms with E-state index in [-0.39, 0.29) is 6.10 Å². The third-order valence-electron chi connectivity index (χ3n) is 2.82. The van der Waals surface area contributed by atoms with Gasteiger partial charge in [-0.15, -0.1) is 11.3 Å². The van der Waals surface area contributed by atoms with Crippen LogP contribution in [0.3, 0.4) is 0 Å². The fraction of sp³-hybridized carbons (Fsp3) is 0.667. The van der Waals surface area contributed by atoms with Gasteiger partial charge in [0.1, 0.15) is 0 Å². The van der Waals surface area contributed by atoms with Crippen LogP contribution in [0.2, 0.25) is 0 Å². The molecule has 1 heterocycles. The average Bonchev–Trinajstić information content (AvgIpc) is 2.66. The van der Waals surface area contributed by atoms with Crippen LogP contribution in [-0.2, 0) is 0 Å². The molecular weight excluding hydrogens is 206 g/mol. The van der Waals surface area contributed by atoms with E-state index in [0.717, 1.165) is 30.9 Å². The summed E-state index contributed by atoms with van der Waals surface area (Å²) in [5.74, 6) is 0. The minimum atomic E-state index is -0.286. The van der Waals surface area contributed by atoms with E-state index in [1.165, 1.54) is 5.56 Å². The molecule has 0 spiro atoms. The monoisotopic (exact) mass is 227 g/mol. The molecule has 0 saturated carbocycles. The van der Waals surface area contributed by atoms with Gasteiger partial charge in [0.2, 0.25) is 0 Å². The van der Waals surface area contributed by atoms with Gasteiger partial charge in [-0.2, -0.15) is 0 Å². The molecule has 1 aromatic rings. The lowest BCUT2D eigenvalue weighted by atomic mass is 10.1. The molecule has 0 aliphatic carbocycles. The zero-order chi connectivity index (χ0) is 11.3. The van der Waals surface area contributed by atoms with Crippen LogP contribution in [0.4, 0.5) is 0 Å². The zero-order valence-electron chi connectivity index (χ0n) is 9.86. The minimum absolute atomic E-state index is 0.286. The van der Waals surface area contributed by atoms with Crippen LogP contribution < -0.4 is 0 Å². The quantitative estimate of drug-likeness (QED) is 0.808. The van der Waals surface area contributed by atoms with Gasteiger partial charge in [0.25, 0.3) is 0 Å². The van der Waals surface area contributed by atoms with Crippen molar-refractivity contribution in [1.29, 1.82) is 0 Å². The summed E-state index contributed by atoms with van der Waals surface area (Å²) in [6, 6.07) is 2.07. The Morgan fingerprint density at radius 2 is 2.07 bits per heavy atom. The van der Waals surface area contributed by atoms with Crippen LogP contribution in [0.15, 0.2) is 11.4 Å². The number of nitrogens with zero attached hydrogens (tertiary/aromatic N) is 1. The van der Waals surface area contributed by atoms with Crippen molar-refractivity contribution < 1.29 is 5.11 Å². The highest BCUT2D eigenvalue weighted by Crippen LogP contribution is 2.26. The Hall–Kier alpha value is -0.380. The second-order valence-corrected chi connectivity index (χ2v) is 4.75. The fourth-order valence-corrected chi connectivity index (χ4v) is 2.65. The molecule has 1 unspecified atom stereocenters. The van der Waals surface area contributed by atoms with Crippen LogP contribution >= 0.6 is 11.3 Å². The molecule has 1 N–H and O–H groups in total. The smallest absolute Gasteiger partial charge is 0.0896 e. The van der Waals surface area contributed by atoms with Crippen molar-refractivity contribution in [2.75, 3.05) is 19.6 Å². The predicted molar refractivity (Wildman–Crippen MR) is 66.4 cm³/mol. The molecule has 15 heavy (non-hydrogen) atoms. The molecule has 1 rings (SSSR count). The van der Waals surface area contributed by atoms with Crippen molar-refractivity contribution in [3.8, 4) is 0 Å². The first-order chi connectivity index (χ1) is 7.19. The largest absolute Gasteiger partial charge is 0.388 e. The van der Waals surface area contributed by atoms with Gasteiger partial charge in [-0.1, -0.05) is 13.8 Å². The third kappa shape index (κ3) is 3.59. The maximum atomic E-state index is 10.0. The SMILES string of the molecule is CCN(CC)CCC(O)c1sccc1C. The molecule has 0 saturated heterocycles. The van der Waals surface area contributed by atoms with Gasteiger partial charge in [-0.25, -0.2) is 0 Å². The maximum Gasteiger partial charge on any atom is 0.0896 e. The highest BCUT2D eigenvalue weighted by Gasteiger charge is 2.12. The molecule has 2 nitrogen and oxygen atoms in total. The maximum absolute atomic E-state index is 10.0. The number of aliphatic hydroxyl groups is 1. The third-order valence-corrected chi connectivity index (χ3v) is 3.94. The molecule has 0 bridgehead atoms. The van der Waals surface area contributed by atoms with Gasteiger partial charge in [0.15, 0.2) is 0 Å². The Balaban J connectivity index is 2.42. The second kappa shape index (κ2) is 6.26. The van der Waals surface area contributed by atoms with E-state index >= 15 is 0 Å². The number of thiophene rings is 1. The first-order valence-corrected chi connectivity index (χ1v) is 6.51. The Bertz CT molecular complexity index is 281. The summed E-state index contributed by atoms with van der Waals surface area (Å²) in [5.41, 5.74) is 1.21. The van der Waals surface area contributed by atoms with E-state index < -0.39 is 0 Å². The summed E-state index contributed by atoms with van der Waals surface area (Å²) < 4.78 is 0. The van der Waals surface area contributed by atoms with Crippen molar-refractivity contribution in [2.24, 2.45) is 0 Å². The van der Waals surface area contributed by atoms with Gasteiger partial charge >= 0.3 is 0 Å². The summed E-state index contributed by atoms with van der Waals surface area (Å²) in [6.45, 7) is 9.48. The lowest BCUT2D eigenvalue weighted by Gasteiger charge is -2.19. The number of hydrogen-bond acceptors (Lipinski definition) is 3. The number of aliphatic hydroxyl groups excluding tert-OH is 1. The molecule has 86 valence electrons. The lowest BCUT2D eigenvalue weighted by Crippen LogP contribution is -2.25. The van der Waals surface area contributed by atoms with E-state index in [4.69, 9.17) is 0 Å². The highest BCUT2D eigenvalue weighted by atomic mass is 32.1. The molecule has 1 aromatic heterocycles. The van der Waals surface area contributed by atoms with E-state index in [9.17, 15) is 5.11 Å². The van der Waals surface area contributed by atoms with Crippen LogP contribution in [0, 0.1) is 6.92 Å². The summed E-state index contributed by atoms with van der Waals surface area (Å²) in [7, 11) is 0. The minimum Gasteiger partial charge on any atom is -0.388 e. The topological polar surface area (TPSA) is 23.5 Å². The Morgan fingerprint density at radius 1 is 1.40 bits per heavy atom. The Labute approximate surface area is 96.5 Å². The Morgan fingerprint density at radius 3 is 2.53 bits per heavy atom. The molecular formula is C12H21NOS. The average molecular weight is 227 g/mol. The van der Waals surface area contributed by atoms with E-state index in [0.29, 0.717) is 0 Å². The van der Waals surface area contributed by atoms with E-state index in [2.05, 4.69) is 31.7 Å². The number of aryl methyl sites for hydroxylation is 1. The van der Waals surface area contributed by atoms with Crippen LogP contribution in [0.25, 0.3) is 0 Å². The molecule has 0 fully saturated rings. The molecule has 0 radical (unpaired) electrons. The summed E-state index contributed by atoms with van der Waals surface area (Å²) in [6.07, 6.45) is 0.550. The fourth-order valence-electron chi connectivity index (χ4n) is 1.70. The Kier molecular flexibility index (Phi) is 5.29. The van der Waals surface area contributed by atoms with E-state index in [1.807, 2.05) is 5.38 Å². The summed E-state index contributed by atoms with van der Waals surface area (Å²) in [5, 5.41) is 12.1. The van der Waals surface area contributed by atoms with Crippen LogP contribution in [0.5, 0.6) is 0 Å². The molecule has 0 aliphatic rings. The second-order valence-electron chi connectivity index (χ2n) is 3.80. The number of hydrogen-bond donors (Lipinski definition) is 1. The lowest BCUT2D eigenvalue weighted by molar-refractivity contribution is 0.148. The van der Waals surface area contributed by atoms with Crippen molar-refractivity contribution in [2.45, 2.75) is 33.3 Å². The normalized spacial score (nSPS) is 13.4. The van der Waals surface area contributed by atoms with Gasteiger partial charge in [-0.05, 0) is 43.4 Å². The number of rotatable bonds is 6. The van der Waals surface area contributed by atoms with Crippen molar-refractivity contribution in [3.63, 3.8) is 0 Å². The molecule has 0 aromatic carbocycles. The van der Waals surface area contributed by atoms with Crippen molar-refractivity contribution in [1.82, 2.24) is 4.90 Å². The van der Waals surface area contributed by atoms with Crippen molar-refractivity contribution >= 4 is 11.3 Å². The highest BCUT2D eigenvalue weighted by molar-refractivity contribution is 7.10.